The van der Waals surface area contributed by atoms with Crippen molar-refractivity contribution in [2.24, 2.45) is 59.2 Å². The molecule has 0 aromatic rings. The van der Waals surface area contributed by atoms with Gasteiger partial charge in [-0.05, 0) is 144 Å². The maximum atomic E-state index is 4.28. The molecule has 0 heterocycles. The Labute approximate surface area is 314 Å². The standard InChI is InChI=1S/C50H75N/c1-4-6-17-37(16-5-2)40-22-13-23-41(34-40)46-33-32-43(48-26-11-12-27-49(46)48)36(3)30-31-42(45-28-14-20-38-18-7-9-24-44(38)45)35-51-50-29-15-21-39-19-8-10-25-47(39)50/h7,13-14,16,18,20,22-23,30-31,38-40,43-51H,4-6,8-12,15,17,19,21,24-29,32-35H2,1-3H3/b36-30+,37-16+,42-31+/t38?,39?,40?,43?,44?,45?,46?,47?,48?,49-,50?/m1/s1. The number of rotatable bonds is 12. The minimum Gasteiger partial charge on any atom is -0.310 e. The summed E-state index contributed by atoms with van der Waals surface area (Å²) in [5, 5.41) is 4.28. The van der Waals surface area contributed by atoms with Gasteiger partial charge >= 0.3 is 0 Å². The first-order valence-electron chi connectivity index (χ1n) is 22.6. The molecule has 51 heavy (non-hydrogen) atoms. The summed E-state index contributed by atoms with van der Waals surface area (Å²) in [6.45, 7) is 8.31. The lowest BCUT2D eigenvalue weighted by molar-refractivity contribution is 0.0803. The summed E-state index contributed by atoms with van der Waals surface area (Å²) < 4.78 is 0. The summed E-state index contributed by atoms with van der Waals surface area (Å²) in [7, 11) is 0. The zero-order chi connectivity index (χ0) is 35.0. The number of unbranched alkanes of at least 4 members (excludes halogenated alkanes) is 1. The van der Waals surface area contributed by atoms with Gasteiger partial charge in [-0.15, -0.1) is 0 Å². The Morgan fingerprint density at radius 3 is 2.41 bits per heavy atom. The molecule has 10 unspecified atom stereocenters. The molecule has 0 aliphatic heterocycles. The predicted molar refractivity (Wildman–Crippen MR) is 220 cm³/mol. The minimum absolute atomic E-state index is 0.640. The molecule has 7 rings (SSSR count). The zero-order valence-electron chi connectivity index (χ0n) is 33.2. The van der Waals surface area contributed by atoms with Crippen molar-refractivity contribution in [3.05, 3.63) is 83.1 Å². The smallest absolute Gasteiger partial charge is 0.0173 e. The normalized spacial score (nSPS) is 38.8. The van der Waals surface area contributed by atoms with Gasteiger partial charge in [-0.3, -0.25) is 0 Å². The third-order valence-corrected chi connectivity index (χ3v) is 15.6. The first-order valence-corrected chi connectivity index (χ1v) is 22.6. The van der Waals surface area contributed by atoms with Gasteiger partial charge in [0.05, 0.1) is 0 Å². The Hall–Kier alpha value is -1.86. The fourth-order valence-corrected chi connectivity index (χ4v) is 13.0. The van der Waals surface area contributed by atoms with E-state index < -0.39 is 0 Å². The Balaban J connectivity index is 1.08. The second-order valence-electron chi connectivity index (χ2n) is 18.4. The van der Waals surface area contributed by atoms with Crippen molar-refractivity contribution in [2.75, 3.05) is 6.54 Å². The van der Waals surface area contributed by atoms with E-state index in [4.69, 9.17) is 0 Å². The van der Waals surface area contributed by atoms with Gasteiger partial charge in [0.1, 0.15) is 0 Å². The van der Waals surface area contributed by atoms with E-state index in [0.29, 0.717) is 17.8 Å². The summed E-state index contributed by atoms with van der Waals surface area (Å²) in [4.78, 5) is 0. The fraction of sp³-hybridized carbons (Fsp3) is 0.720. The molecule has 7 aliphatic rings. The van der Waals surface area contributed by atoms with E-state index in [1.807, 2.05) is 0 Å². The van der Waals surface area contributed by atoms with Crippen LogP contribution in [0.15, 0.2) is 83.1 Å². The molecule has 0 bridgehead atoms. The van der Waals surface area contributed by atoms with Crippen LogP contribution in [0.1, 0.15) is 156 Å². The summed E-state index contributed by atoms with van der Waals surface area (Å²) in [6.07, 6.45) is 54.6. The lowest BCUT2D eigenvalue weighted by Gasteiger charge is -2.48. The van der Waals surface area contributed by atoms with E-state index in [2.05, 4.69) is 86.8 Å². The van der Waals surface area contributed by atoms with Gasteiger partial charge in [-0.2, -0.15) is 0 Å². The quantitative estimate of drug-likeness (QED) is 0.159. The highest BCUT2D eigenvalue weighted by molar-refractivity contribution is 5.31. The number of fused-ring (bicyclic) bond motifs is 3. The first-order chi connectivity index (χ1) is 25.1. The van der Waals surface area contributed by atoms with Crippen LogP contribution in [0.5, 0.6) is 0 Å². The molecule has 0 aromatic carbocycles. The van der Waals surface area contributed by atoms with Crippen LogP contribution in [0.4, 0.5) is 0 Å². The van der Waals surface area contributed by atoms with Crippen LogP contribution < -0.4 is 5.32 Å². The maximum Gasteiger partial charge on any atom is 0.0173 e. The number of allylic oxidation sites excluding steroid dienone is 13. The molecule has 7 aliphatic carbocycles. The lowest BCUT2D eigenvalue weighted by atomic mass is 9.57. The third-order valence-electron chi connectivity index (χ3n) is 15.6. The van der Waals surface area contributed by atoms with Crippen LogP contribution in [-0.4, -0.2) is 12.6 Å². The van der Waals surface area contributed by atoms with Crippen molar-refractivity contribution < 1.29 is 0 Å². The van der Waals surface area contributed by atoms with Crippen molar-refractivity contribution >= 4 is 0 Å². The van der Waals surface area contributed by atoms with Crippen LogP contribution >= 0.6 is 0 Å². The zero-order valence-corrected chi connectivity index (χ0v) is 33.2. The van der Waals surface area contributed by atoms with Crippen molar-refractivity contribution in [3.8, 4) is 0 Å². The number of hydrogen-bond donors (Lipinski definition) is 1. The van der Waals surface area contributed by atoms with Crippen molar-refractivity contribution in [1.29, 1.82) is 0 Å². The second-order valence-corrected chi connectivity index (χ2v) is 18.4. The van der Waals surface area contributed by atoms with Crippen molar-refractivity contribution in [2.45, 2.75) is 162 Å². The number of nitrogens with one attached hydrogen (secondary N) is 1. The number of hydrogen-bond acceptors (Lipinski definition) is 1. The maximum absolute atomic E-state index is 4.28. The van der Waals surface area contributed by atoms with E-state index in [-0.39, 0.29) is 0 Å². The van der Waals surface area contributed by atoms with Crippen LogP contribution in [0.3, 0.4) is 0 Å². The first kappa shape index (κ1) is 37.5. The molecule has 11 atom stereocenters. The topological polar surface area (TPSA) is 12.0 Å². The van der Waals surface area contributed by atoms with Crippen molar-refractivity contribution in [1.82, 2.24) is 5.32 Å². The van der Waals surface area contributed by atoms with Gasteiger partial charge in [0.25, 0.3) is 0 Å². The average Bonchev–Trinajstić information content (AvgIpc) is 3.19. The molecular weight excluding hydrogens is 615 g/mol. The van der Waals surface area contributed by atoms with Crippen LogP contribution in [-0.2, 0) is 0 Å². The highest BCUT2D eigenvalue weighted by Gasteiger charge is 2.43. The highest BCUT2D eigenvalue weighted by Crippen LogP contribution is 2.53. The lowest BCUT2D eigenvalue weighted by Crippen LogP contribution is -2.45. The van der Waals surface area contributed by atoms with Crippen molar-refractivity contribution in [3.63, 3.8) is 0 Å². The molecule has 0 saturated heterocycles. The largest absolute Gasteiger partial charge is 0.310 e. The SMILES string of the molecule is CC/C=C(\CCCC)C1C=CC=C(C2CCC(/C(C)=C/C=C(\CNC3CCCC4CCCCC43)C3CC=CC4C=CCCC43)C3CCCC[C@H]23)C1. The van der Waals surface area contributed by atoms with Gasteiger partial charge in [-0.25, -0.2) is 0 Å². The van der Waals surface area contributed by atoms with Gasteiger partial charge in [-0.1, -0.05) is 148 Å². The molecule has 280 valence electrons. The van der Waals surface area contributed by atoms with Crippen LogP contribution in [0.25, 0.3) is 0 Å². The van der Waals surface area contributed by atoms with Crippen LogP contribution in [0.2, 0.25) is 0 Å². The molecule has 4 saturated carbocycles. The average molecular weight is 690 g/mol. The summed E-state index contributed by atoms with van der Waals surface area (Å²) in [5.41, 5.74) is 6.94. The van der Waals surface area contributed by atoms with E-state index in [1.54, 1.807) is 22.3 Å². The molecule has 0 radical (unpaired) electrons. The molecule has 0 amide bonds. The van der Waals surface area contributed by atoms with Gasteiger partial charge in [0, 0.05) is 18.5 Å². The molecule has 0 spiro atoms. The van der Waals surface area contributed by atoms with E-state index in [9.17, 15) is 0 Å². The molecule has 1 nitrogen and oxygen atoms in total. The third kappa shape index (κ3) is 8.93. The summed E-state index contributed by atoms with van der Waals surface area (Å²) in [5.74, 6) is 8.00. The Kier molecular flexibility index (Phi) is 13.6. The van der Waals surface area contributed by atoms with Gasteiger partial charge in [0.15, 0.2) is 0 Å². The highest BCUT2D eigenvalue weighted by atomic mass is 14.9. The van der Waals surface area contributed by atoms with E-state index >= 15 is 0 Å². The molecule has 1 N–H and O–H groups in total. The van der Waals surface area contributed by atoms with E-state index in [1.165, 1.54) is 135 Å². The predicted octanol–water partition coefficient (Wildman–Crippen LogP) is 13.8. The summed E-state index contributed by atoms with van der Waals surface area (Å²) >= 11 is 0. The molecular formula is C50H75N. The fourth-order valence-electron chi connectivity index (χ4n) is 13.0. The van der Waals surface area contributed by atoms with Gasteiger partial charge in [0.2, 0.25) is 0 Å². The second kappa shape index (κ2) is 18.5. The Bertz CT molecular complexity index is 1350. The monoisotopic (exact) mass is 690 g/mol. The molecule has 1 heteroatoms. The van der Waals surface area contributed by atoms with Crippen LogP contribution in [0, 0.1) is 59.2 Å². The molecule has 0 aromatic heterocycles. The Morgan fingerprint density at radius 1 is 0.745 bits per heavy atom. The summed E-state index contributed by atoms with van der Waals surface area (Å²) in [6, 6.07) is 0.737. The van der Waals surface area contributed by atoms with E-state index in [0.717, 1.165) is 54.0 Å². The minimum atomic E-state index is 0.640. The molecule has 4 fully saturated rings. The van der Waals surface area contributed by atoms with Gasteiger partial charge < -0.3 is 5.32 Å². The Morgan fingerprint density at radius 2 is 1.55 bits per heavy atom.